The first-order valence-electron chi connectivity index (χ1n) is 7.80. The molecule has 0 bridgehead atoms. The molecule has 3 rings (SSSR count). The van der Waals surface area contributed by atoms with Gasteiger partial charge in [0.05, 0.1) is 5.02 Å². The van der Waals surface area contributed by atoms with Gasteiger partial charge in [-0.2, -0.15) is 0 Å². The van der Waals surface area contributed by atoms with Gasteiger partial charge >= 0.3 is 11.9 Å². The molecule has 1 heterocycles. The number of hydrogen-bond acceptors (Lipinski definition) is 6. The van der Waals surface area contributed by atoms with Gasteiger partial charge < -0.3 is 19.5 Å². The third-order valence-corrected chi connectivity index (χ3v) is 3.73. The number of para-hydroxylation sites is 1. The molecule has 2 aromatic rings. The summed E-state index contributed by atoms with van der Waals surface area (Å²) in [4.78, 5) is 23.7. The van der Waals surface area contributed by atoms with Crippen LogP contribution in [0, 0.1) is 0 Å². The van der Waals surface area contributed by atoms with Crippen molar-refractivity contribution in [2.45, 2.75) is 19.6 Å². The molecule has 0 aromatic heterocycles. The lowest BCUT2D eigenvalue weighted by Gasteiger charge is -2.29. The molecular formula is C19H16ClNO5. The monoisotopic (exact) mass is 373 g/mol. The lowest BCUT2D eigenvalue weighted by atomic mass is 10.2. The summed E-state index contributed by atoms with van der Waals surface area (Å²) in [5.74, 6) is -1.60. The van der Waals surface area contributed by atoms with Gasteiger partial charge in [-0.25, -0.2) is 9.59 Å². The van der Waals surface area contributed by atoms with E-state index in [1.54, 1.807) is 36.4 Å². The molecular weight excluding hydrogens is 358 g/mol. The maximum Gasteiger partial charge on any atom is 0.350 e. The van der Waals surface area contributed by atoms with E-state index in [4.69, 9.17) is 25.8 Å². The minimum absolute atomic E-state index is 0.208. The van der Waals surface area contributed by atoms with Crippen LogP contribution >= 0.6 is 11.6 Å². The Balaban J connectivity index is 1.67. The molecule has 0 unspecified atom stereocenters. The van der Waals surface area contributed by atoms with Gasteiger partial charge in [0.15, 0.2) is 5.57 Å². The standard InChI is InChI=1S/C19H16ClNO5/c1-19(2)25-17(22)14(18(23)26-19)11-21-12-7-9-13(10-8-12)24-16-6-4-3-5-15(16)20/h3-11,21H,1-2H3. The normalized spacial score (nSPS) is 15.7. The van der Waals surface area contributed by atoms with Gasteiger partial charge in [-0.15, -0.1) is 0 Å². The van der Waals surface area contributed by atoms with Crippen LogP contribution < -0.4 is 10.1 Å². The van der Waals surface area contributed by atoms with E-state index in [2.05, 4.69) is 5.32 Å². The molecule has 0 radical (unpaired) electrons. The summed E-state index contributed by atoms with van der Waals surface area (Å²) in [6, 6.07) is 14.1. The maximum absolute atomic E-state index is 11.9. The van der Waals surface area contributed by atoms with Gasteiger partial charge in [-0.3, -0.25) is 0 Å². The van der Waals surface area contributed by atoms with E-state index in [0.29, 0.717) is 22.2 Å². The first kappa shape index (κ1) is 17.8. The Hall–Kier alpha value is -2.99. The van der Waals surface area contributed by atoms with Crippen molar-refractivity contribution in [1.29, 1.82) is 0 Å². The van der Waals surface area contributed by atoms with E-state index in [-0.39, 0.29) is 5.57 Å². The number of halogens is 1. The molecule has 0 atom stereocenters. The first-order valence-corrected chi connectivity index (χ1v) is 8.18. The highest BCUT2D eigenvalue weighted by Crippen LogP contribution is 2.29. The van der Waals surface area contributed by atoms with E-state index < -0.39 is 17.7 Å². The molecule has 1 N–H and O–H groups in total. The molecule has 1 aliphatic heterocycles. The first-order chi connectivity index (χ1) is 12.3. The highest BCUT2D eigenvalue weighted by atomic mass is 35.5. The number of carbonyl (C=O) groups excluding carboxylic acids is 2. The van der Waals surface area contributed by atoms with Crippen molar-refractivity contribution in [2.24, 2.45) is 0 Å². The van der Waals surface area contributed by atoms with E-state index in [1.165, 1.54) is 20.0 Å². The topological polar surface area (TPSA) is 73.9 Å². The maximum atomic E-state index is 11.9. The minimum atomic E-state index is -1.26. The Bertz CT molecular complexity index is 852. The average molecular weight is 374 g/mol. The molecule has 6 nitrogen and oxygen atoms in total. The van der Waals surface area contributed by atoms with Crippen LogP contribution in [0.2, 0.25) is 5.02 Å². The molecule has 2 aromatic carbocycles. The van der Waals surface area contributed by atoms with Crippen molar-refractivity contribution in [3.63, 3.8) is 0 Å². The molecule has 1 saturated heterocycles. The Morgan fingerprint density at radius 2 is 1.62 bits per heavy atom. The molecule has 0 amide bonds. The van der Waals surface area contributed by atoms with Gasteiger partial charge in [0, 0.05) is 25.7 Å². The van der Waals surface area contributed by atoms with E-state index in [1.807, 2.05) is 12.1 Å². The number of cyclic esters (lactones) is 2. The van der Waals surface area contributed by atoms with Crippen LogP contribution in [0.1, 0.15) is 13.8 Å². The van der Waals surface area contributed by atoms with Gasteiger partial charge in [-0.05, 0) is 36.4 Å². The minimum Gasteiger partial charge on any atom is -0.456 e. The number of benzene rings is 2. The van der Waals surface area contributed by atoms with Crippen LogP contribution in [-0.4, -0.2) is 17.7 Å². The fourth-order valence-corrected chi connectivity index (χ4v) is 2.38. The Morgan fingerprint density at radius 1 is 1.00 bits per heavy atom. The molecule has 1 aliphatic rings. The summed E-state index contributed by atoms with van der Waals surface area (Å²) in [6.45, 7) is 2.98. The fraction of sp³-hybridized carbons (Fsp3) is 0.158. The number of ether oxygens (including phenoxy) is 3. The molecule has 0 spiro atoms. The van der Waals surface area contributed by atoms with Gasteiger partial charge in [0.25, 0.3) is 5.79 Å². The smallest absolute Gasteiger partial charge is 0.350 e. The van der Waals surface area contributed by atoms with Crippen LogP contribution in [-0.2, 0) is 19.1 Å². The van der Waals surface area contributed by atoms with Crippen molar-refractivity contribution in [2.75, 3.05) is 5.32 Å². The molecule has 134 valence electrons. The van der Waals surface area contributed by atoms with Crippen molar-refractivity contribution >= 4 is 29.2 Å². The third kappa shape index (κ3) is 4.15. The second kappa shape index (κ2) is 7.09. The Labute approximate surface area is 155 Å². The molecule has 0 aliphatic carbocycles. The predicted molar refractivity (Wildman–Crippen MR) is 95.9 cm³/mol. The number of esters is 2. The van der Waals surface area contributed by atoms with Crippen LogP contribution in [0.5, 0.6) is 11.5 Å². The lowest BCUT2D eigenvalue weighted by molar-refractivity contribution is -0.222. The van der Waals surface area contributed by atoms with Crippen molar-refractivity contribution < 1.29 is 23.8 Å². The molecule has 26 heavy (non-hydrogen) atoms. The Kier molecular flexibility index (Phi) is 4.86. The Morgan fingerprint density at radius 3 is 2.23 bits per heavy atom. The van der Waals surface area contributed by atoms with Crippen molar-refractivity contribution in [3.8, 4) is 11.5 Å². The fourth-order valence-electron chi connectivity index (χ4n) is 2.21. The molecule has 1 fully saturated rings. The summed E-state index contributed by atoms with van der Waals surface area (Å²) in [5, 5.41) is 3.37. The van der Waals surface area contributed by atoms with Gasteiger partial charge in [0.1, 0.15) is 11.5 Å². The van der Waals surface area contributed by atoms with E-state index >= 15 is 0 Å². The van der Waals surface area contributed by atoms with Crippen molar-refractivity contribution in [1.82, 2.24) is 0 Å². The number of carbonyl (C=O) groups is 2. The number of rotatable bonds is 4. The van der Waals surface area contributed by atoms with Gasteiger partial charge in [-0.1, -0.05) is 23.7 Å². The third-order valence-electron chi connectivity index (χ3n) is 3.42. The largest absolute Gasteiger partial charge is 0.456 e. The van der Waals surface area contributed by atoms with Crippen LogP contribution in [0.15, 0.2) is 60.3 Å². The van der Waals surface area contributed by atoms with Crippen molar-refractivity contribution in [3.05, 3.63) is 65.3 Å². The second-order valence-electron chi connectivity index (χ2n) is 5.94. The molecule has 7 heteroatoms. The number of hydrogen-bond donors (Lipinski definition) is 1. The number of nitrogens with one attached hydrogen (secondary N) is 1. The summed E-state index contributed by atoms with van der Waals surface area (Å²) >= 11 is 6.06. The van der Waals surface area contributed by atoms with E-state index in [9.17, 15) is 9.59 Å². The SMILES string of the molecule is CC1(C)OC(=O)C(=CNc2ccc(Oc3ccccc3Cl)cc2)C(=O)O1. The predicted octanol–water partition coefficient (Wildman–Crippen LogP) is 4.26. The second-order valence-corrected chi connectivity index (χ2v) is 6.35. The zero-order valence-corrected chi connectivity index (χ0v) is 14.9. The van der Waals surface area contributed by atoms with E-state index in [0.717, 1.165) is 0 Å². The van der Waals surface area contributed by atoms with Crippen LogP contribution in [0.4, 0.5) is 5.69 Å². The molecule has 0 saturated carbocycles. The van der Waals surface area contributed by atoms with Crippen LogP contribution in [0.25, 0.3) is 0 Å². The highest BCUT2D eigenvalue weighted by Gasteiger charge is 2.38. The summed E-state index contributed by atoms with van der Waals surface area (Å²) in [5.41, 5.74) is 0.440. The average Bonchev–Trinajstić information content (AvgIpc) is 2.56. The zero-order valence-electron chi connectivity index (χ0n) is 14.1. The number of anilines is 1. The highest BCUT2D eigenvalue weighted by molar-refractivity contribution is 6.32. The summed E-state index contributed by atoms with van der Waals surface area (Å²) in [6.07, 6.45) is 1.25. The van der Waals surface area contributed by atoms with Gasteiger partial charge in [0.2, 0.25) is 0 Å². The zero-order chi connectivity index (χ0) is 18.7. The van der Waals surface area contributed by atoms with Crippen LogP contribution in [0.3, 0.4) is 0 Å². The summed E-state index contributed by atoms with van der Waals surface area (Å²) in [7, 11) is 0. The lowest BCUT2D eigenvalue weighted by Crippen LogP contribution is -2.42. The quantitative estimate of drug-likeness (QED) is 0.490. The summed E-state index contributed by atoms with van der Waals surface area (Å²) < 4.78 is 15.7.